The van der Waals surface area contributed by atoms with Gasteiger partial charge in [0.25, 0.3) is 5.91 Å². The van der Waals surface area contributed by atoms with E-state index in [9.17, 15) is 31.2 Å². The molecule has 9 nitrogen and oxygen atoms in total. The summed E-state index contributed by atoms with van der Waals surface area (Å²) in [4.78, 5) is 29.7. The van der Waals surface area contributed by atoms with Crippen LogP contribution in [0.5, 0.6) is 0 Å². The van der Waals surface area contributed by atoms with Crippen molar-refractivity contribution in [1.29, 1.82) is 0 Å². The normalized spacial score (nSPS) is 12.9. The fourth-order valence-electron chi connectivity index (χ4n) is 4.07. The number of benzene rings is 1. The highest BCUT2D eigenvalue weighted by Crippen LogP contribution is 2.37. The number of anilines is 1. The molecule has 4 aromatic rings. The van der Waals surface area contributed by atoms with Crippen molar-refractivity contribution in [3.8, 4) is 11.3 Å². The highest BCUT2D eigenvalue weighted by molar-refractivity contribution is 7.89. The molecule has 4 rings (SSSR count). The number of amides is 1. The van der Waals surface area contributed by atoms with E-state index in [4.69, 9.17) is 16.0 Å². The Hall–Kier alpha value is -3.84. The summed E-state index contributed by atoms with van der Waals surface area (Å²) in [5.41, 5.74) is -1.53. The van der Waals surface area contributed by atoms with Crippen LogP contribution in [0.15, 0.2) is 51.9 Å². The van der Waals surface area contributed by atoms with Crippen LogP contribution in [0.4, 0.5) is 18.9 Å². The fourth-order valence-corrected chi connectivity index (χ4v) is 4.65. The second-order valence-corrected chi connectivity index (χ2v) is 11.1. The molecule has 39 heavy (non-hydrogen) atoms. The Morgan fingerprint density at radius 3 is 2.49 bits per heavy atom. The fraction of sp³-hybridized carbons (Fsp3) is 0.240. The average molecular weight is 583 g/mol. The first-order valence-electron chi connectivity index (χ1n) is 11.3. The van der Waals surface area contributed by atoms with Crippen molar-refractivity contribution < 1.29 is 30.8 Å². The van der Waals surface area contributed by atoms with Gasteiger partial charge in [-0.25, -0.2) is 18.1 Å². The molecular weight excluding hydrogens is 561 g/mol. The third-order valence-electron chi connectivity index (χ3n) is 5.86. The Bertz CT molecular complexity index is 1780. The molecule has 2 N–H and O–H groups in total. The lowest BCUT2D eigenvalue weighted by Crippen LogP contribution is -2.31. The van der Waals surface area contributed by atoms with Gasteiger partial charge in [0.2, 0.25) is 10.0 Å². The molecule has 0 aliphatic heterocycles. The van der Waals surface area contributed by atoms with E-state index in [-0.39, 0.29) is 38.7 Å². The molecule has 14 heteroatoms. The second kappa shape index (κ2) is 10.0. The van der Waals surface area contributed by atoms with Crippen molar-refractivity contribution in [3.05, 3.63) is 80.5 Å². The minimum absolute atomic E-state index is 0.0173. The molecule has 1 atom stereocenters. The van der Waals surface area contributed by atoms with Gasteiger partial charge < -0.3 is 14.3 Å². The van der Waals surface area contributed by atoms with Gasteiger partial charge in [-0.1, -0.05) is 11.6 Å². The maximum absolute atomic E-state index is 13.8. The second-order valence-electron chi connectivity index (χ2n) is 8.99. The molecule has 0 spiro atoms. The predicted octanol–water partition coefficient (Wildman–Crippen LogP) is 5.04. The van der Waals surface area contributed by atoms with Crippen LogP contribution in [-0.4, -0.2) is 30.1 Å². The van der Waals surface area contributed by atoms with Gasteiger partial charge in [0.1, 0.15) is 16.5 Å². The minimum atomic E-state index is -4.77. The van der Waals surface area contributed by atoms with E-state index in [2.05, 4.69) is 10.3 Å². The molecule has 0 saturated carbocycles. The zero-order chi connectivity index (χ0) is 28.9. The van der Waals surface area contributed by atoms with Crippen LogP contribution in [-0.2, 0) is 23.2 Å². The lowest BCUT2D eigenvalue weighted by atomic mass is 9.98. The van der Waals surface area contributed by atoms with Gasteiger partial charge in [-0.3, -0.25) is 9.59 Å². The van der Waals surface area contributed by atoms with Crippen LogP contribution >= 0.6 is 11.6 Å². The van der Waals surface area contributed by atoms with Gasteiger partial charge in [0.05, 0.1) is 28.9 Å². The van der Waals surface area contributed by atoms with Crippen LogP contribution in [0.1, 0.15) is 40.1 Å². The molecule has 1 aromatic carbocycles. The molecule has 3 heterocycles. The summed E-state index contributed by atoms with van der Waals surface area (Å²) in [5, 5.41) is 2.49. The summed E-state index contributed by atoms with van der Waals surface area (Å²) in [7, 11) is -2.19. The van der Waals surface area contributed by atoms with Crippen LogP contribution < -0.4 is 15.5 Å². The summed E-state index contributed by atoms with van der Waals surface area (Å²) < 4.78 is 74.3. The number of sulfonamides is 1. The molecule has 0 fully saturated rings. The Labute approximate surface area is 225 Å². The first-order valence-corrected chi connectivity index (χ1v) is 13.6. The van der Waals surface area contributed by atoms with Crippen molar-refractivity contribution in [2.45, 2.75) is 26.1 Å². The van der Waals surface area contributed by atoms with E-state index in [0.29, 0.717) is 5.56 Å². The number of hydrogen-bond acceptors (Lipinski definition) is 7. The van der Waals surface area contributed by atoms with Gasteiger partial charge in [0, 0.05) is 36.1 Å². The van der Waals surface area contributed by atoms with Crippen LogP contribution in [0, 0.1) is 6.92 Å². The Balaban J connectivity index is 1.91. The minimum Gasteiger partial charge on any atom is -0.455 e. The van der Waals surface area contributed by atoms with E-state index in [1.807, 2.05) is 0 Å². The molecular formula is C25H22ClF3N4O5S. The number of hydrogen-bond donors (Lipinski definition) is 2. The Kier molecular flexibility index (Phi) is 7.25. The summed E-state index contributed by atoms with van der Waals surface area (Å²) in [6.45, 7) is 2.96. The number of nitrogens with zero attached hydrogens (tertiary/aromatic N) is 2. The van der Waals surface area contributed by atoms with Crippen LogP contribution in [0.2, 0.25) is 5.15 Å². The van der Waals surface area contributed by atoms with Crippen molar-refractivity contribution in [1.82, 2.24) is 14.3 Å². The standard InChI is InChI=1S/C25H22ClF3N4O5S/c1-12-21(34)17-10-15(25(27,28)29)9-16(23(17)38-22(12)14-7-8-33(3)11-14)13(2)30-18-5-6-19(26)31-20(18)24(35)32-39(4,36)37/h5-11,13,30H,1-4H3,(H,32,35). The molecule has 0 saturated heterocycles. The summed E-state index contributed by atoms with van der Waals surface area (Å²) in [5.74, 6) is -0.903. The third-order valence-corrected chi connectivity index (χ3v) is 6.63. The molecule has 0 radical (unpaired) electrons. The predicted molar refractivity (Wildman–Crippen MR) is 140 cm³/mol. The molecule has 0 bridgehead atoms. The largest absolute Gasteiger partial charge is 0.455 e. The summed E-state index contributed by atoms with van der Waals surface area (Å²) in [6, 6.07) is 4.95. The van der Waals surface area contributed by atoms with Crippen molar-refractivity contribution in [2.75, 3.05) is 11.6 Å². The number of alkyl halides is 3. The third kappa shape index (κ3) is 5.93. The zero-order valence-electron chi connectivity index (χ0n) is 21.0. The maximum atomic E-state index is 13.8. The first kappa shape index (κ1) is 28.2. The maximum Gasteiger partial charge on any atom is 0.416 e. The van der Waals surface area contributed by atoms with Gasteiger partial charge in [0.15, 0.2) is 11.1 Å². The smallest absolute Gasteiger partial charge is 0.416 e. The number of carbonyl (C=O) groups is 1. The van der Waals surface area contributed by atoms with Crippen molar-refractivity contribution >= 4 is 44.2 Å². The lowest BCUT2D eigenvalue weighted by molar-refractivity contribution is -0.137. The molecule has 3 aromatic heterocycles. The van der Waals surface area contributed by atoms with Gasteiger partial charge in [-0.15, -0.1) is 0 Å². The quantitative estimate of drug-likeness (QED) is 0.305. The highest BCUT2D eigenvalue weighted by atomic mass is 35.5. The number of fused-ring (bicyclic) bond motifs is 1. The van der Waals surface area contributed by atoms with E-state index in [0.717, 1.165) is 18.4 Å². The van der Waals surface area contributed by atoms with Crippen LogP contribution in [0.25, 0.3) is 22.3 Å². The molecule has 1 amide bonds. The van der Waals surface area contributed by atoms with Crippen LogP contribution in [0.3, 0.4) is 0 Å². The van der Waals surface area contributed by atoms with Crippen molar-refractivity contribution in [2.24, 2.45) is 7.05 Å². The lowest BCUT2D eigenvalue weighted by Gasteiger charge is -2.21. The van der Waals surface area contributed by atoms with Crippen molar-refractivity contribution in [3.63, 3.8) is 0 Å². The average Bonchev–Trinajstić information content (AvgIpc) is 3.26. The summed E-state index contributed by atoms with van der Waals surface area (Å²) in [6.07, 6.45) is -0.570. The molecule has 1 unspecified atom stereocenters. The summed E-state index contributed by atoms with van der Waals surface area (Å²) >= 11 is 5.90. The van der Waals surface area contributed by atoms with E-state index < -0.39 is 44.8 Å². The highest BCUT2D eigenvalue weighted by Gasteiger charge is 2.33. The first-order chi connectivity index (χ1) is 18.0. The van der Waals surface area contributed by atoms with E-state index in [1.165, 1.54) is 26.0 Å². The molecule has 0 aliphatic carbocycles. The van der Waals surface area contributed by atoms with E-state index in [1.54, 1.807) is 34.8 Å². The SMILES string of the molecule is Cc1c(-c2ccn(C)c2)oc2c(C(C)Nc3ccc(Cl)nc3C(=O)NS(C)(=O)=O)cc(C(F)(F)F)cc2c1=O. The number of rotatable bonds is 6. The number of nitrogens with one attached hydrogen (secondary N) is 2. The Morgan fingerprint density at radius 2 is 1.90 bits per heavy atom. The van der Waals surface area contributed by atoms with E-state index >= 15 is 0 Å². The monoisotopic (exact) mass is 582 g/mol. The number of aromatic nitrogens is 2. The number of carbonyl (C=O) groups excluding carboxylic acids is 1. The van der Waals surface area contributed by atoms with Gasteiger partial charge in [-0.05, 0) is 44.2 Å². The van der Waals surface area contributed by atoms with Gasteiger partial charge >= 0.3 is 6.18 Å². The topological polar surface area (TPSA) is 123 Å². The zero-order valence-corrected chi connectivity index (χ0v) is 22.5. The number of pyridine rings is 1. The number of aryl methyl sites for hydroxylation is 1. The molecule has 0 aliphatic rings. The van der Waals surface area contributed by atoms with Gasteiger partial charge in [-0.2, -0.15) is 13.2 Å². The Morgan fingerprint density at radius 1 is 1.21 bits per heavy atom. The number of halogens is 4. The molecule has 206 valence electrons.